The number of aromatic nitrogens is 1. The summed E-state index contributed by atoms with van der Waals surface area (Å²) in [6.07, 6.45) is 4.97. The fourth-order valence-electron chi connectivity index (χ4n) is 2.69. The Morgan fingerprint density at radius 3 is 2.89 bits per heavy atom. The number of nitrogens with one attached hydrogen (secondary N) is 1. The lowest BCUT2D eigenvalue weighted by Crippen LogP contribution is -2.42. The summed E-state index contributed by atoms with van der Waals surface area (Å²) in [5.74, 6) is 1.17. The van der Waals surface area contributed by atoms with Gasteiger partial charge >= 0.3 is 0 Å². The quantitative estimate of drug-likeness (QED) is 0.842. The molecule has 3 atom stereocenters. The van der Waals surface area contributed by atoms with Gasteiger partial charge < -0.3 is 11.1 Å². The number of nitrogen functional groups attached to an aromatic ring is 1. The Morgan fingerprint density at radius 1 is 1.44 bits per heavy atom. The molecule has 1 fully saturated rings. The number of nitrogens with zero attached hydrogens (tertiary/aromatic N) is 1. The second-order valence-corrected chi connectivity index (χ2v) is 5.45. The van der Waals surface area contributed by atoms with E-state index in [1.54, 1.807) is 18.3 Å². The molecule has 3 N–H and O–H groups in total. The highest BCUT2D eigenvalue weighted by Gasteiger charge is 2.26. The second-order valence-electron chi connectivity index (χ2n) is 5.45. The van der Waals surface area contributed by atoms with Gasteiger partial charge in [0.15, 0.2) is 0 Å². The van der Waals surface area contributed by atoms with Crippen LogP contribution in [0.25, 0.3) is 0 Å². The van der Waals surface area contributed by atoms with E-state index in [4.69, 9.17) is 5.73 Å². The molecule has 1 amide bonds. The first-order chi connectivity index (χ1) is 8.56. The number of hydrogen-bond donors (Lipinski definition) is 2. The van der Waals surface area contributed by atoms with Gasteiger partial charge in [0.25, 0.3) is 5.91 Å². The van der Waals surface area contributed by atoms with E-state index in [0.717, 1.165) is 12.3 Å². The van der Waals surface area contributed by atoms with Crippen LogP contribution in [0, 0.1) is 11.8 Å². The van der Waals surface area contributed by atoms with Crippen molar-refractivity contribution in [2.75, 3.05) is 5.73 Å². The SMILES string of the molecule is CC1CCC(NC(=O)c2cc(N)ccn2)C(C)C1. The van der Waals surface area contributed by atoms with Crippen molar-refractivity contribution in [2.24, 2.45) is 11.8 Å². The molecule has 0 radical (unpaired) electrons. The molecule has 0 spiro atoms. The minimum atomic E-state index is -0.117. The molecule has 1 aliphatic rings. The number of carbonyl (C=O) groups is 1. The molecule has 1 heterocycles. The Hall–Kier alpha value is -1.58. The molecule has 1 aromatic rings. The minimum absolute atomic E-state index is 0.117. The maximum absolute atomic E-state index is 12.1. The van der Waals surface area contributed by atoms with Crippen molar-refractivity contribution in [3.8, 4) is 0 Å². The number of amides is 1. The smallest absolute Gasteiger partial charge is 0.270 e. The molecule has 0 bridgehead atoms. The van der Waals surface area contributed by atoms with Gasteiger partial charge in [0.1, 0.15) is 5.69 Å². The van der Waals surface area contributed by atoms with E-state index in [9.17, 15) is 4.79 Å². The number of rotatable bonds is 2. The lowest BCUT2D eigenvalue weighted by molar-refractivity contribution is 0.0894. The second kappa shape index (κ2) is 5.38. The zero-order valence-electron chi connectivity index (χ0n) is 11.0. The molecule has 0 aromatic carbocycles. The maximum Gasteiger partial charge on any atom is 0.270 e. The summed E-state index contributed by atoms with van der Waals surface area (Å²) in [4.78, 5) is 16.1. The van der Waals surface area contributed by atoms with Crippen LogP contribution in [0.2, 0.25) is 0 Å². The monoisotopic (exact) mass is 247 g/mol. The fourth-order valence-corrected chi connectivity index (χ4v) is 2.69. The summed E-state index contributed by atoms with van der Waals surface area (Å²) >= 11 is 0. The lowest BCUT2D eigenvalue weighted by atomic mass is 9.80. The highest BCUT2D eigenvalue weighted by molar-refractivity contribution is 5.93. The first kappa shape index (κ1) is 12.9. The summed E-state index contributed by atoms with van der Waals surface area (Å²) in [6.45, 7) is 4.47. The van der Waals surface area contributed by atoms with Gasteiger partial charge in [0.05, 0.1) is 0 Å². The van der Waals surface area contributed by atoms with Crippen molar-refractivity contribution in [2.45, 2.75) is 39.2 Å². The van der Waals surface area contributed by atoms with Crippen LogP contribution < -0.4 is 11.1 Å². The van der Waals surface area contributed by atoms with Gasteiger partial charge in [-0.3, -0.25) is 9.78 Å². The zero-order chi connectivity index (χ0) is 13.1. The molecule has 0 saturated heterocycles. The van der Waals surface area contributed by atoms with Gasteiger partial charge in [-0.25, -0.2) is 0 Å². The van der Waals surface area contributed by atoms with E-state index in [1.165, 1.54) is 12.8 Å². The molecule has 1 saturated carbocycles. The van der Waals surface area contributed by atoms with Crippen molar-refractivity contribution in [1.82, 2.24) is 10.3 Å². The Morgan fingerprint density at radius 2 is 2.22 bits per heavy atom. The van der Waals surface area contributed by atoms with Gasteiger partial charge in [0.2, 0.25) is 0 Å². The average molecular weight is 247 g/mol. The lowest BCUT2D eigenvalue weighted by Gasteiger charge is -2.33. The number of nitrogens with two attached hydrogens (primary N) is 1. The molecule has 4 heteroatoms. The standard InChI is InChI=1S/C14H21N3O/c1-9-3-4-12(10(2)7-9)17-14(18)13-8-11(15)5-6-16-13/h5-6,8-10,12H,3-4,7H2,1-2H3,(H2,15,16)(H,17,18). The van der Waals surface area contributed by atoms with Crippen LogP contribution in [-0.4, -0.2) is 16.9 Å². The van der Waals surface area contributed by atoms with Crippen LogP contribution >= 0.6 is 0 Å². The largest absolute Gasteiger partial charge is 0.399 e. The van der Waals surface area contributed by atoms with E-state index in [2.05, 4.69) is 24.1 Å². The van der Waals surface area contributed by atoms with Crippen molar-refractivity contribution in [3.05, 3.63) is 24.0 Å². The third kappa shape index (κ3) is 3.00. The predicted octanol–water partition coefficient (Wildman–Crippen LogP) is 2.22. The van der Waals surface area contributed by atoms with Gasteiger partial charge in [-0.15, -0.1) is 0 Å². The summed E-state index contributed by atoms with van der Waals surface area (Å²) in [6, 6.07) is 3.56. The fraction of sp³-hybridized carbons (Fsp3) is 0.571. The van der Waals surface area contributed by atoms with Crippen molar-refractivity contribution in [3.63, 3.8) is 0 Å². The van der Waals surface area contributed by atoms with Crippen LogP contribution in [0.4, 0.5) is 5.69 Å². The molecule has 1 aromatic heterocycles. The minimum Gasteiger partial charge on any atom is -0.399 e. The van der Waals surface area contributed by atoms with Crippen LogP contribution in [0.1, 0.15) is 43.6 Å². The molecule has 98 valence electrons. The van der Waals surface area contributed by atoms with Gasteiger partial charge in [-0.2, -0.15) is 0 Å². The Bertz CT molecular complexity index is 433. The molecule has 2 rings (SSSR count). The summed E-state index contributed by atoms with van der Waals surface area (Å²) < 4.78 is 0. The summed E-state index contributed by atoms with van der Waals surface area (Å²) in [5.41, 5.74) is 6.63. The number of pyridine rings is 1. The number of carbonyl (C=O) groups excluding carboxylic acids is 1. The van der Waals surface area contributed by atoms with E-state index in [-0.39, 0.29) is 11.9 Å². The average Bonchev–Trinajstić information content (AvgIpc) is 2.32. The molecule has 18 heavy (non-hydrogen) atoms. The summed E-state index contributed by atoms with van der Waals surface area (Å²) in [5, 5.41) is 3.08. The van der Waals surface area contributed by atoms with Crippen LogP contribution in [0.3, 0.4) is 0 Å². The zero-order valence-corrected chi connectivity index (χ0v) is 11.0. The van der Waals surface area contributed by atoms with Crippen molar-refractivity contribution >= 4 is 11.6 Å². The molecule has 0 aliphatic heterocycles. The van der Waals surface area contributed by atoms with Gasteiger partial charge in [-0.05, 0) is 43.2 Å². The molecule has 3 unspecified atom stereocenters. The van der Waals surface area contributed by atoms with Crippen LogP contribution in [-0.2, 0) is 0 Å². The van der Waals surface area contributed by atoms with E-state index in [0.29, 0.717) is 17.3 Å². The number of hydrogen-bond acceptors (Lipinski definition) is 3. The van der Waals surface area contributed by atoms with Crippen molar-refractivity contribution in [1.29, 1.82) is 0 Å². The molecule has 1 aliphatic carbocycles. The topological polar surface area (TPSA) is 68.0 Å². The normalized spacial score (nSPS) is 27.8. The number of anilines is 1. The Balaban J connectivity index is 1.99. The van der Waals surface area contributed by atoms with E-state index in [1.807, 2.05) is 0 Å². The first-order valence-corrected chi connectivity index (χ1v) is 6.58. The van der Waals surface area contributed by atoms with Crippen molar-refractivity contribution < 1.29 is 4.79 Å². The van der Waals surface area contributed by atoms with E-state index >= 15 is 0 Å². The highest BCUT2D eigenvalue weighted by Crippen LogP contribution is 2.28. The summed E-state index contributed by atoms with van der Waals surface area (Å²) in [7, 11) is 0. The van der Waals surface area contributed by atoms with E-state index < -0.39 is 0 Å². The molecular weight excluding hydrogens is 226 g/mol. The van der Waals surface area contributed by atoms with Crippen LogP contribution in [0.5, 0.6) is 0 Å². The van der Waals surface area contributed by atoms with Crippen LogP contribution in [0.15, 0.2) is 18.3 Å². The molecular formula is C14H21N3O. The predicted molar refractivity (Wildman–Crippen MR) is 72.1 cm³/mol. The maximum atomic E-state index is 12.1. The van der Waals surface area contributed by atoms with Gasteiger partial charge in [0, 0.05) is 17.9 Å². The third-order valence-corrected chi connectivity index (χ3v) is 3.76. The highest BCUT2D eigenvalue weighted by atomic mass is 16.1. The third-order valence-electron chi connectivity index (χ3n) is 3.76. The van der Waals surface area contributed by atoms with Gasteiger partial charge in [-0.1, -0.05) is 13.8 Å². The Kier molecular flexibility index (Phi) is 3.84. The molecule has 4 nitrogen and oxygen atoms in total. The first-order valence-electron chi connectivity index (χ1n) is 6.58. The Labute approximate surface area is 108 Å².